The van der Waals surface area contributed by atoms with Gasteiger partial charge in [-0.05, 0) is 66.1 Å². The third kappa shape index (κ3) is 3.59. The lowest BCUT2D eigenvalue weighted by atomic mass is 10.0. The van der Waals surface area contributed by atoms with Crippen molar-refractivity contribution in [2.75, 3.05) is 20.0 Å². The molecule has 0 atom stereocenters. The van der Waals surface area contributed by atoms with E-state index >= 15 is 0 Å². The average molecular weight is 425 g/mol. The number of rotatable bonds is 6. The molecule has 0 aliphatic carbocycles. The van der Waals surface area contributed by atoms with Crippen molar-refractivity contribution in [3.63, 3.8) is 0 Å². The van der Waals surface area contributed by atoms with Crippen molar-refractivity contribution in [3.05, 3.63) is 54.0 Å². The molecule has 0 amide bonds. The average Bonchev–Trinajstić information content (AvgIpc) is 3.21. The number of hydrogen-bond donors (Lipinski definition) is 0. The van der Waals surface area contributed by atoms with Gasteiger partial charge in [0.05, 0.1) is 19.9 Å². The molecule has 0 spiro atoms. The van der Waals surface area contributed by atoms with Crippen LogP contribution in [-0.2, 0) is 0 Å². The van der Waals surface area contributed by atoms with Gasteiger partial charge in [-0.2, -0.15) is 4.98 Å². The molecule has 0 unspecified atom stereocenters. The maximum absolute atomic E-state index is 13.6. The highest BCUT2D eigenvalue weighted by Crippen LogP contribution is 2.36. The van der Waals surface area contributed by atoms with Crippen molar-refractivity contribution >= 4 is 22.5 Å². The van der Waals surface area contributed by atoms with Gasteiger partial charge in [0.15, 0.2) is 11.5 Å². The Morgan fingerprint density at radius 3 is 2.40 bits per heavy atom. The van der Waals surface area contributed by atoms with E-state index in [2.05, 4.69) is 15.2 Å². The van der Waals surface area contributed by atoms with E-state index < -0.39 is 0 Å². The van der Waals surface area contributed by atoms with E-state index in [4.69, 9.17) is 9.47 Å². The van der Waals surface area contributed by atoms with Crippen LogP contribution in [0.1, 0.15) is 12.6 Å². The zero-order chi connectivity index (χ0) is 21.3. The molecule has 4 rings (SSSR count). The van der Waals surface area contributed by atoms with E-state index in [0.29, 0.717) is 22.6 Å². The van der Waals surface area contributed by atoms with E-state index in [0.717, 1.165) is 33.5 Å². The van der Waals surface area contributed by atoms with Gasteiger partial charge in [-0.3, -0.25) is 4.57 Å². The minimum Gasteiger partial charge on any atom is -0.493 e. The van der Waals surface area contributed by atoms with Crippen molar-refractivity contribution in [2.45, 2.75) is 19.0 Å². The van der Waals surface area contributed by atoms with Gasteiger partial charge >= 0.3 is 0 Å². The number of methoxy groups -OCH3 is 2. The van der Waals surface area contributed by atoms with E-state index in [1.54, 1.807) is 26.4 Å². The molecule has 2 aromatic carbocycles. The molecule has 0 radical (unpaired) electrons. The molecule has 8 heteroatoms. The van der Waals surface area contributed by atoms with E-state index in [9.17, 15) is 4.39 Å². The van der Waals surface area contributed by atoms with E-state index in [1.165, 1.54) is 23.9 Å². The first kappa shape index (κ1) is 20.2. The van der Waals surface area contributed by atoms with Gasteiger partial charge in [-0.25, -0.2) is 4.39 Å². The molecule has 2 aromatic heterocycles. The molecule has 154 valence electrons. The second-order valence-corrected chi connectivity index (χ2v) is 7.83. The molecular weight excluding hydrogens is 403 g/mol. The largest absolute Gasteiger partial charge is 0.493 e. The number of nitrogens with zero attached hydrogens (tertiary/aromatic N) is 4. The van der Waals surface area contributed by atoms with Crippen LogP contribution < -0.4 is 19.0 Å². The Hall–Kier alpha value is -3.13. The molecule has 0 saturated heterocycles. The lowest BCUT2D eigenvalue weighted by Gasteiger charge is -2.19. The highest BCUT2D eigenvalue weighted by atomic mass is 32.2. The van der Waals surface area contributed by atoms with Crippen LogP contribution in [0.2, 0.25) is 0 Å². The molecule has 30 heavy (non-hydrogen) atoms. The van der Waals surface area contributed by atoms with Crippen LogP contribution in [0.4, 0.5) is 4.39 Å². The molecule has 0 saturated carbocycles. The Bertz CT molecular complexity index is 1210. The first-order valence-corrected chi connectivity index (χ1v) is 10.4. The van der Waals surface area contributed by atoms with Crippen LogP contribution in [0.25, 0.3) is 28.0 Å². The minimum atomic E-state index is -0.297. The quantitative estimate of drug-likeness (QED) is 0.343. The smallest absolute Gasteiger partial charge is 0.256 e. The Balaban J connectivity index is 2.07. The van der Waals surface area contributed by atoms with Gasteiger partial charge < -0.3 is 9.47 Å². The zero-order valence-electron chi connectivity index (χ0n) is 17.1. The predicted molar refractivity (Wildman–Crippen MR) is 114 cm³/mol. The van der Waals surface area contributed by atoms with Crippen molar-refractivity contribution in [3.8, 4) is 28.7 Å². The molecule has 2 heterocycles. The third-order valence-electron chi connectivity index (χ3n) is 4.76. The second-order valence-electron chi connectivity index (χ2n) is 6.60. The zero-order valence-corrected chi connectivity index (χ0v) is 18.0. The van der Waals surface area contributed by atoms with Gasteiger partial charge in [0, 0.05) is 11.1 Å². The molecule has 4 aromatic rings. The highest BCUT2D eigenvalue weighted by Gasteiger charge is 2.19. The van der Waals surface area contributed by atoms with Crippen LogP contribution in [0, 0.1) is 12.7 Å². The van der Waals surface area contributed by atoms with Crippen LogP contribution in [0.15, 0.2) is 47.6 Å². The Morgan fingerprint density at radius 1 is 1.03 bits per heavy atom. The fourth-order valence-electron chi connectivity index (χ4n) is 3.46. The number of aromatic nitrogens is 4. The van der Waals surface area contributed by atoms with Crippen LogP contribution in [-0.4, -0.2) is 30.2 Å². The van der Waals surface area contributed by atoms with Gasteiger partial charge in [0.25, 0.3) is 5.95 Å². The number of thioether (sulfide) groups is 1. The van der Waals surface area contributed by atoms with E-state index in [-0.39, 0.29) is 5.82 Å². The predicted octanol–water partition coefficient (Wildman–Crippen LogP) is 4.11. The second kappa shape index (κ2) is 8.31. The number of hydrogen-bond acceptors (Lipinski definition) is 5. The summed E-state index contributed by atoms with van der Waals surface area (Å²) >= 11 is 1.53. The molecule has 0 fully saturated rings. The van der Waals surface area contributed by atoms with Gasteiger partial charge in [0.1, 0.15) is 5.82 Å². The minimum absolute atomic E-state index is 0.297. The van der Waals surface area contributed by atoms with Gasteiger partial charge in [0.2, 0.25) is 5.16 Å². The Kier molecular flexibility index (Phi) is 5.59. The summed E-state index contributed by atoms with van der Waals surface area (Å²) < 4.78 is 26.6. The summed E-state index contributed by atoms with van der Waals surface area (Å²) in [5.74, 6) is 2.27. The number of benzene rings is 2. The van der Waals surface area contributed by atoms with Crippen LogP contribution in [0.3, 0.4) is 0 Å². The number of aryl methyl sites for hydroxylation is 1. The van der Waals surface area contributed by atoms with Crippen molar-refractivity contribution in [1.82, 2.24) is 15.2 Å². The summed E-state index contributed by atoms with van der Waals surface area (Å²) in [6.07, 6.45) is 0. The molecule has 6 nitrogen and oxygen atoms in total. The van der Waals surface area contributed by atoms with Gasteiger partial charge in [-0.1, -0.05) is 18.7 Å². The summed E-state index contributed by atoms with van der Waals surface area (Å²) in [6.45, 7) is 4.02. The standard InChI is InChI=1S/C22H21FN4O2S/c1-5-30-22-24-21(25-26-22)27-13(2)10-15-11-18(28-3)19(29-4)12-17(15)20(27)14-6-8-16(23)9-7-14/h6-12H,5H2,1-4H3. The summed E-state index contributed by atoms with van der Waals surface area (Å²) in [5, 5.41) is 11.0. The number of halogens is 1. The molecule has 0 bridgehead atoms. The summed E-state index contributed by atoms with van der Waals surface area (Å²) in [7, 11) is 3.21. The topological polar surface area (TPSA) is 62.2 Å². The van der Waals surface area contributed by atoms with E-state index in [1.807, 2.05) is 36.6 Å². The highest BCUT2D eigenvalue weighted by molar-refractivity contribution is 7.99. The van der Waals surface area contributed by atoms with Crippen molar-refractivity contribution in [2.24, 2.45) is 0 Å². The summed E-state index contributed by atoms with van der Waals surface area (Å²) in [5.41, 5.74) is 2.56. The number of fused-ring (bicyclic) bond motifs is 1. The molecule has 0 aliphatic heterocycles. The maximum atomic E-state index is 13.6. The van der Waals surface area contributed by atoms with Crippen molar-refractivity contribution < 1.29 is 18.4 Å². The maximum Gasteiger partial charge on any atom is 0.256 e. The SMILES string of the molecule is CCSc1nnc(-[n+]2c(C)cc3cc(OC)c(OC)cc3c2-c2ccc(F)cc2)[n-]1. The Morgan fingerprint density at radius 2 is 1.73 bits per heavy atom. The van der Waals surface area contributed by atoms with Crippen LogP contribution >= 0.6 is 11.8 Å². The monoisotopic (exact) mass is 424 g/mol. The summed E-state index contributed by atoms with van der Waals surface area (Å²) in [6, 6.07) is 12.3. The number of ether oxygens (including phenoxy) is 2. The fourth-order valence-corrected chi connectivity index (χ4v) is 3.96. The van der Waals surface area contributed by atoms with Crippen LogP contribution in [0.5, 0.6) is 11.5 Å². The number of pyridine rings is 1. The van der Waals surface area contributed by atoms with Crippen molar-refractivity contribution in [1.29, 1.82) is 0 Å². The molecular formula is C22H21FN4O2S. The normalized spacial score (nSPS) is 11.1. The lowest BCUT2D eigenvalue weighted by molar-refractivity contribution is -0.598. The first-order chi connectivity index (χ1) is 14.5. The fraction of sp³-hybridized carbons (Fsp3) is 0.227. The Labute approximate surface area is 178 Å². The molecule has 0 N–H and O–H groups in total. The lowest BCUT2D eigenvalue weighted by Crippen LogP contribution is -2.39. The third-order valence-corrected chi connectivity index (χ3v) is 5.48. The molecule has 0 aliphatic rings. The van der Waals surface area contributed by atoms with Gasteiger partial charge in [-0.15, -0.1) is 10.2 Å². The first-order valence-electron chi connectivity index (χ1n) is 9.43. The summed E-state index contributed by atoms with van der Waals surface area (Å²) in [4.78, 5) is 4.59.